The lowest BCUT2D eigenvalue weighted by Gasteiger charge is -2.39. The van der Waals surface area contributed by atoms with Crippen LogP contribution in [0.2, 0.25) is 0 Å². The molecule has 2 rings (SSSR count). The minimum Gasteiger partial charge on any atom is -0.317 e. The normalized spacial score (nSPS) is 27.4. The van der Waals surface area contributed by atoms with E-state index < -0.39 is 6.43 Å². The van der Waals surface area contributed by atoms with Crippen LogP contribution >= 0.6 is 0 Å². The zero-order valence-corrected chi connectivity index (χ0v) is 9.09. The van der Waals surface area contributed by atoms with Crippen LogP contribution in [0.25, 0.3) is 0 Å². The van der Waals surface area contributed by atoms with E-state index in [-0.39, 0.29) is 5.92 Å². The molecule has 0 unspecified atom stereocenters. The first-order valence-electron chi connectivity index (χ1n) is 6.00. The maximum atomic E-state index is 12.5. The Morgan fingerprint density at radius 1 is 1.00 bits per heavy atom. The fraction of sp³-hybridized carbons (Fsp3) is 1.00. The van der Waals surface area contributed by atoms with Crippen LogP contribution in [0.15, 0.2) is 0 Å². The summed E-state index contributed by atoms with van der Waals surface area (Å²) >= 11 is 0. The van der Waals surface area contributed by atoms with Gasteiger partial charge in [-0.05, 0) is 51.9 Å². The highest BCUT2D eigenvalue weighted by atomic mass is 19.3. The Bertz CT molecular complexity index is 185. The van der Waals surface area contributed by atoms with Gasteiger partial charge in [0, 0.05) is 12.0 Å². The van der Waals surface area contributed by atoms with Crippen LogP contribution in [0.4, 0.5) is 8.78 Å². The van der Waals surface area contributed by atoms with Gasteiger partial charge in [0.15, 0.2) is 0 Å². The monoisotopic (exact) mass is 218 g/mol. The number of piperidine rings is 2. The summed E-state index contributed by atoms with van der Waals surface area (Å²) in [6.45, 7) is 3.91. The second-order valence-corrected chi connectivity index (χ2v) is 4.69. The molecule has 0 radical (unpaired) electrons. The highest BCUT2D eigenvalue weighted by Gasteiger charge is 2.29. The number of halogens is 2. The zero-order chi connectivity index (χ0) is 10.7. The third kappa shape index (κ3) is 2.88. The molecule has 2 nitrogen and oxygen atoms in total. The predicted octanol–water partition coefficient (Wildman–Crippen LogP) is 1.72. The van der Waals surface area contributed by atoms with Gasteiger partial charge >= 0.3 is 0 Å². The van der Waals surface area contributed by atoms with Crippen molar-refractivity contribution < 1.29 is 8.78 Å². The molecule has 1 N–H and O–H groups in total. The molecule has 0 aromatic heterocycles. The van der Waals surface area contributed by atoms with E-state index in [1.54, 1.807) is 0 Å². The molecular formula is C11H20F2N2. The molecule has 2 saturated heterocycles. The maximum absolute atomic E-state index is 12.5. The summed E-state index contributed by atoms with van der Waals surface area (Å²) in [6, 6.07) is 0.643. The lowest BCUT2D eigenvalue weighted by atomic mass is 9.94. The van der Waals surface area contributed by atoms with Gasteiger partial charge in [0.2, 0.25) is 6.43 Å². The predicted molar refractivity (Wildman–Crippen MR) is 56.2 cm³/mol. The molecule has 2 fully saturated rings. The van der Waals surface area contributed by atoms with E-state index in [4.69, 9.17) is 0 Å². The molecule has 0 spiro atoms. The topological polar surface area (TPSA) is 15.3 Å². The first-order chi connectivity index (χ1) is 7.27. The highest BCUT2D eigenvalue weighted by Crippen LogP contribution is 2.26. The van der Waals surface area contributed by atoms with Gasteiger partial charge in [0.1, 0.15) is 0 Å². The van der Waals surface area contributed by atoms with Crippen LogP contribution in [0, 0.1) is 5.92 Å². The van der Waals surface area contributed by atoms with Crippen molar-refractivity contribution >= 4 is 0 Å². The number of hydrogen-bond donors (Lipinski definition) is 1. The quantitative estimate of drug-likeness (QED) is 0.759. The second-order valence-electron chi connectivity index (χ2n) is 4.69. The van der Waals surface area contributed by atoms with E-state index in [1.165, 1.54) is 12.8 Å². The van der Waals surface area contributed by atoms with Crippen LogP contribution in [-0.2, 0) is 0 Å². The molecule has 0 amide bonds. The minimum absolute atomic E-state index is 0.344. The molecule has 0 atom stereocenters. The minimum atomic E-state index is -2.11. The Balaban J connectivity index is 1.77. The molecule has 2 aliphatic rings. The lowest BCUT2D eigenvalue weighted by molar-refractivity contribution is 0.0204. The Labute approximate surface area is 90.0 Å². The molecule has 88 valence electrons. The molecule has 0 saturated carbocycles. The van der Waals surface area contributed by atoms with Gasteiger partial charge in [-0.25, -0.2) is 8.78 Å². The number of hydrogen-bond acceptors (Lipinski definition) is 2. The fourth-order valence-electron chi connectivity index (χ4n) is 2.71. The van der Waals surface area contributed by atoms with Crippen molar-refractivity contribution in [1.29, 1.82) is 0 Å². The van der Waals surface area contributed by atoms with Crippen LogP contribution in [0.5, 0.6) is 0 Å². The van der Waals surface area contributed by atoms with E-state index in [2.05, 4.69) is 10.2 Å². The van der Waals surface area contributed by atoms with Crippen LogP contribution in [-0.4, -0.2) is 43.5 Å². The first-order valence-corrected chi connectivity index (χ1v) is 6.00. The summed E-state index contributed by atoms with van der Waals surface area (Å²) in [6.07, 6.45) is 1.61. The molecular weight excluding hydrogens is 198 g/mol. The Kier molecular flexibility index (Phi) is 3.92. The van der Waals surface area contributed by atoms with Crippen LogP contribution < -0.4 is 5.32 Å². The van der Waals surface area contributed by atoms with Crippen LogP contribution in [0.1, 0.15) is 25.7 Å². The molecule has 15 heavy (non-hydrogen) atoms. The summed E-state index contributed by atoms with van der Waals surface area (Å²) in [4.78, 5) is 2.42. The van der Waals surface area contributed by atoms with Gasteiger partial charge in [-0.15, -0.1) is 0 Å². The summed E-state index contributed by atoms with van der Waals surface area (Å²) < 4.78 is 24.9. The van der Waals surface area contributed by atoms with E-state index in [1.807, 2.05) is 0 Å². The standard InChI is InChI=1S/C11H20F2N2/c12-11(13)9-3-7-15(8-4-9)10-1-5-14-6-2-10/h9-11,14H,1-8H2. The second kappa shape index (κ2) is 5.21. The largest absolute Gasteiger partial charge is 0.317 e. The summed E-state index contributed by atoms with van der Waals surface area (Å²) in [5.41, 5.74) is 0. The molecule has 2 heterocycles. The number of likely N-dealkylation sites (tertiary alicyclic amines) is 1. The van der Waals surface area contributed by atoms with Gasteiger partial charge in [0.25, 0.3) is 0 Å². The third-order valence-electron chi connectivity index (χ3n) is 3.76. The van der Waals surface area contributed by atoms with Gasteiger partial charge in [-0.2, -0.15) is 0 Å². The van der Waals surface area contributed by atoms with Crippen molar-refractivity contribution in [2.45, 2.75) is 38.2 Å². The third-order valence-corrected chi connectivity index (χ3v) is 3.76. The first kappa shape index (κ1) is 11.3. The van der Waals surface area contributed by atoms with Gasteiger partial charge in [-0.1, -0.05) is 0 Å². The summed E-state index contributed by atoms with van der Waals surface area (Å²) in [5, 5.41) is 3.33. The van der Waals surface area contributed by atoms with E-state index in [9.17, 15) is 8.78 Å². The van der Waals surface area contributed by atoms with Crippen molar-refractivity contribution in [2.75, 3.05) is 26.2 Å². The Hall–Kier alpha value is -0.220. The van der Waals surface area contributed by atoms with Gasteiger partial charge in [-0.3, -0.25) is 0 Å². The van der Waals surface area contributed by atoms with Crippen molar-refractivity contribution in [1.82, 2.24) is 10.2 Å². The summed E-state index contributed by atoms with van der Waals surface area (Å²) in [7, 11) is 0. The number of nitrogens with zero attached hydrogens (tertiary/aromatic N) is 1. The smallest absolute Gasteiger partial charge is 0.241 e. The van der Waals surface area contributed by atoms with Crippen molar-refractivity contribution in [3.05, 3.63) is 0 Å². The average Bonchev–Trinajstić information content (AvgIpc) is 2.30. The number of alkyl halides is 2. The van der Waals surface area contributed by atoms with Crippen LogP contribution in [0.3, 0.4) is 0 Å². The summed E-state index contributed by atoms with van der Waals surface area (Å²) in [5.74, 6) is -0.344. The van der Waals surface area contributed by atoms with Crippen molar-refractivity contribution in [3.8, 4) is 0 Å². The maximum Gasteiger partial charge on any atom is 0.241 e. The molecule has 2 aliphatic heterocycles. The SMILES string of the molecule is FC(F)C1CCN(C2CCNCC2)CC1. The van der Waals surface area contributed by atoms with E-state index in [0.29, 0.717) is 18.9 Å². The van der Waals surface area contributed by atoms with Gasteiger partial charge in [0.05, 0.1) is 0 Å². The number of nitrogens with one attached hydrogen (secondary N) is 1. The fourth-order valence-corrected chi connectivity index (χ4v) is 2.71. The lowest BCUT2D eigenvalue weighted by Crippen LogP contribution is -2.47. The van der Waals surface area contributed by atoms with Crippen molar-refractivity contribution in [3.63, 3.8) is 0 Å². The Morgan fingerprint density at radius 3 is 2.13 bits per heavy atom. The highest BCUT2D eigenvalue weighted by molar-refractivity contribution is 4.82. The van der Waals surface area contributed by atoms with E-state index in [0.717, 1.165) is 26.2 Å². The zero-order valence-electron chi connectivity index (χ0n) is 9.09. The van der Waals surface area contributed by atoms with Crippen molar-refractivity contribution in [2.24, 2.45) is 5.92 Å². The molecule has 0 aliphatic carbocycles. The number of rotatable bonds is 2. The molecule has 0 aromatic rings. The Morgan fingerprint density at radius 2 is 1.60 bits per heavy atom. The average molecular weight is 218 g/mol. The molecule has 0 aromatic carbocycles. The molecule has 0 bridgehead atoms. The van der Waals surface area contributed by atoms with Gasteiger partial charge < -0.3 is 10.2 Å². The van der Waals surface area contributed by atoms with E-state index >= 15 is 0 Å². The molecule has 4 heteroatoms.